The predicted molar refractivity (Wildman–Crippen MR) is 90.0 cm³/mol. The van der Waals surface area contributed by atoms with Gasteiger partial charge in [0, 0.05) is 44.6 Å². The van der Waals surface area contributed by atoms with Crippen LogP contribution in [0, 0.1) is 11.8 Å². The van der Waals surface area contributed by atoms with Crippen LogP contribution in [0.25, 0.3) is 11.5 Å². The Morgan fingerprint density at radius 3 is 2.88 bits per heavy atom. The largest absolute Gasteiger partial charge is 0.342 e. The highest BCUT2D eigenvalue weighted by Gasteiger charge is 2.33. The Morgan fingerprint density at radius 2 is 2.17 bits per heavy atom. The number of hydrogen-bond donors (Lipinski definition) is 0. The van der Waals surface area contributed by atoms with Crippen molar-refractivity contribution in [1.82, 2.24) is 24.4 Å². The summed E-state index contributed by atoms with van der Waals surface area (Å²) in [5.41, 5.74) is 1.79. The number of aromatic nitrogens is 4. The first kappa shape index (κ1) is 15.3. The van der Waals surface area contributed by atoms with Crippen LogP contribution in [0.3, 0.4) is 0 Å². The van der Waals surface area contributed by atoms with Gasteiger partial charge in [-0.25, -0.2) is 9.97 Å². The molecule has 0 N–H and O–H groups in total. The monoisotopic (exact) mass is 325 g/mol. The van der Waals surface area contributed by atoms with E-state index in [0.29, 0.717) is 17.7 Å². The van der Waals surface area contributed by atoms with Crippen LogP contribution in [0.5, 0.6) is 0 Å². The van der Waals surface area contributed by atoms with Gasteiger partial charge >= 0.3 is 0 Å². The van der Waals surface area contributed by atoms with E-state index in [9.17, 15) is 4.79 Å². The van der Waals surface area contributed by atoms with Gasteiger partial charge in [-0.15, -0.1) is 0 Å². The smallest absolute Gasteiger partial charge is 0.225 e. The molecule has 2 aliphatic rings. The first-order chi connectivity index (χ1) is 11.7. The standard InChI is InChI=1S/C18H23N5O/c1-22-8-6-20-17(22)16-11-19-10-15(21-16)9-13-5-7-23(12-13)18(24)14-3-2-4-14/h6,8,10-11,13-14H,2-5,7,9,12H2,1H3/t13-/m1/s1. The fourth-order valence-corrected chi connectivity index (χ4v) is 3.63. The van der Waals surface area contributed by atoms with Crippen LogP contribution in [0.4, 0.5) is 0 Å². The van der Waals surface area contributed by atoms with Crippen molar-refractivity contribution in [3.05, 3.63) is 30.5 Å². The molecule has 0 aromatic carbocycles. The van der Waals surface area contributed by atoms with Crippen LogP contribution in [0.15, 0.2) is 24.8 Å². The molecule has 1 atom stereocenters. The fraction of sp³-hybridized carbons (Fsp3) is 0.556. The first-order valence-electron chi connectivity index (χ1n) is 8.78. The van der Waals surface area contributed by atoms with Crippen LogP contribution in [-0.4, -0.2) is 43.4 Å². The molecular weight excluding hydrogens is 302 g/mol. The minimum atomic E-state index is 0.301. The second kappa shape index (κ2) is 6.34. The maximum Gasteiger partial charge on any atom is 0.225 e. The number of carbonyl (C=O) groups excluding carboxylic acids is 1. The van der Waals surface area contributed by atoms with E-state index in [1.807, 2.05) is 24.0 Å². The van der Waals surface area contributed by atoms with Crippen molar-refractivity contribution in [3.63, 3.8) is 0 Å². The van der Waals surface area contributed by atoms with Crippen LogP contribution in [-0.2, 0) is 18.3 Å². The third-order valence-electron chi connectivity index (χ3n) is 5.28. The summed E-state index contributed by atoms with van der Waals surface area (Å²) in [7, 11) is 1.96. The second-order valence-electron chi connectivity index (χ2n) is 7.03. The molecule has 0 unspecified atom stereocenters. The summed E-state index contributed by atoms with van der Waals surface area (Å²) in [4.78, 5) is 27.8. The molecule has 6 nitrogen and oxygen atoms in total. The summed E-state index contributed by atoms with van der Waals surface area (Å²) >= 11 is 0. The van der Waals surface area contributed by atoms with Crippen molar-refractivity contribution in [2.75, 3.05) is 13.1 Å². The molecule has 4 rings (SSSR count). The van der Waals surface area contributed by atoms with Crippen LogP contribution in [0.2, 0.25) is 0 Å². The molecular formula is C18H23N5O. The Hall–Kier alpha value is -2.24. The molecule has 126 valence electrons. The molecule has 2 aromatic heterocycles. The molecule has 2 fully saturated rings. The lowest BCUT2D eigenvalue weighted by Gasteiger charge is -2.29. The number of imidazole rings is 1. The molecule has 1 aliphatic heterocycles. The third-order valence-corrected chi connectivity index (χ3v) is 5.28. The van der Waals surface area contributed by atoms with Gasteiger partial charge in [-0.3, -0.25) is 9.78 Å². The van der Waals surface area contributed by atoms with E-state index in [4.69, 9.17) is 4.98 Å². The maximum absolute atomic E-state index is 12.4. The van der Waals surface area contributed by atoms with Gasteiger partial charge in [0.25, 0.3) is 0 Å². The van der Waals surface area contributed by atoms with Crippen LogP contribution < -0.4 is 0 Å². The van der Waals surface area contributed by atoms with E-state index in [2.05, 4.69) is 14.9 Å². The van der Waals surface area contributed by atoms with Crippen molar-refractivity contribution in [2.24, 2.45) is 18.9 Å². The number of carbonyl (C=O) groups is 1. The minimum Gasteiger partial charge on any atom is -0.342 e. The van der Waals surface area contributed by atoms with E-state index in [0.717, 1.165) is 56.0 Å². The number of amides is 1. The van der Waals surface area contributed by atoms with Gasteiger partial charge in [-0.05, 0) is 31.6 Å². The Morgan fingerprint density at radius 1 is 1.29 bits per heavy atom. The molecule has 6 heteroatoms. The number of nitrogens with zero attached hydrogens (tertiary/aromatic N) is 5. The van der Waals surface area contributed by atoms with Crippen molar-refractivity contribution in [1.29, 1.82) is 0 Å². The van der Waals surface area contributed by atoms with Gasteiger partial charge in [0.1, 0.15) is 5.69 Å². The molecule has 2 aromatic rings. The van der Waals surface area contributed by atoms with Gasteiger partial charge in [0.2, 0.25) is 5.91 Å². The van der Waals surface area contributed by atoms with Gasteiger partial charge in [-0.1, -0.05) is 6.42 Å². The predicted octanol–water partition coefficient (Wildman–Crippen LogP) is 2.07. The highest BCUT2D eigenvalue weighted by atomic mass is 16.2. The Labute approximate surface area is 141 Å². The molecule has 0 spiro atoms. The maximum atomic E-state index is 12.4. The number of rotatable bonds is 4. The van der Waals surface area contributed by atoms with Gasteiger partial charge < -0.3 is 9.47 Å². The zero-order valence-electron chi connectivity index (χ0n) is 14.1. The highest BCUT2D eigenvalue weighted by molar-refractivity contribution is 5.79. The Balaban J connectivity index is 1.41. The second-order valence-corrected chi connectivity index (χ2v) is 7.03. The quantitative estimate of drug-likeness (QED) is 0.863. The average molecular weight is 325 g/mol. The van der Waals surface area contributed by atoms with Crippen molar-refractivity contribution >= 4 is 5.91 Å². The Kier molecular flexibility index (Phi) is 4.04. The fourth-order valence-electron chi connectivity index (χ4n) is 3.63. The molecule has 3 heterocycles. The lowest BCUT2D eigenvalue weighted by molar-refractivity contribution is -0.137. The van der Waals surface area contributed by atoms with Crippen molar-refractivity contribution in [3.8, 4) is 11.5 Å². The van der Waals surface area contributed by atoms with Crippen LogP contribution in [0.1, 0.15) is 31.4 Å². The normalized spacial score (nSPS) is 21.0. The van der Waals surface area contributed by atoms with E-state index in [-0.39, 0.29) is 0 Å². The van der Waals surface area contributed by atoms with Crippen molar-refractivity contribution < 1.29 is 4.79 Å². The summed E-state index contributed by atoms with van der Waals surface area (Å²) < 4.78 is 1.95. The third kappa shape index (κ3) is 2.92. The number of likely N-dealkylation sites (tertiary alicyclic amines) is 1. The van der Waals surface area contributed by atoms with Gasteiger partial charge in [0.05, 0.1) is 11.9 Å². The molecule has 1 saturated carbocycles. The summed E-state index contributed by atoms with van der Waals surface area (Å²) in [6, 6.07) is 0. The molecule has 1 saturated heterocycles. The molecule has 24 heavy (non-hydrogen) atoms. The highest BCUT2D eigenvalue weighted by Crippen LogP contribution is 2.31. The van der Waals surface area contributed by atoms with Crippen LogP contribution >= 0.6 is 0 Å². The molecule has 1 amide bonds. The van der Waals surface area contributed by atoms with Crippen molar-refractivity contribution in [2.45, 2.75) is 32.1 Å². The summed E-state index contributed by atoms with van der Waals surface area (Å²) in [6.45, 7) is 1.76. The molecule has 1 aliphatic carbocycles. The number of aryl methyl sites for hydroxylation is 1. The summed E-state index contributed by atoms with van der Waals surface area (Å²) in [6.07, 6.45) is 12.6. The SMILES string of the molecule is Cn1ccnc1-c1cncc(C[C@H]2CCN(C(=O)C3CCC3)C2)n1. The van der Waals surface area contributed by atoms with E-state index in [1.54, 1.807) is 12.4 Å². The lowest BCUT2D eigenvalue weighted by Crippen LogP contribution is -2.37. The zero-order valence-corrected chi connectivity index (χ0v) is 14.1. The van der Waals surface area contributed by atoms with E-state index >= 15 is 0 Å². The first-order valence-corrected chi connectivity index (χ1v) is 8.78. The lowest BCUT2D eigenvalue weighted by atomic mass is 9.84. The molecule has 0 bridgehead atoms. The van der Waals surface area contributed by atoms with E-state index < -0.39 is 0 Å². The Bertz CT molecular complexity index is 737. The summed E-state index contributed by atoms with van der Waals surface area (Å²) in [5, 5.41) is 0. The van der Waals surface area contributed by atoms with Gasteiger partial charge in [0.15, 0.2) is 5.82 Å². The number of hydrogen-bond acceptors (Lipinski definition) is 4. The van der Waals surface area contributed by atoms with Gasteiger partial charge in [-0.2, -0.15) is 0 Å². The topological polar surface area (TPSA) is 63.9 Å². The summed E-state index contributed by atoms with van der Waals surface area (Å²) in [5.74, 6) is 1.99. The minimum absolute atomic E-state index is 0.301. The zero-order chi connectivity index (χ0) is 16.5. The average Bonchev–Trinajstić information content (AvgIpc) is 3.15. The van der Waals surface area contributed by atoms with E-state index in [1.165, 1.54) is 6.42 Å². The molecule has 0 radical (unpaired) electrons.